The van der Waals surface area contributed by atoms with E-state index in [-0.39, 0.29) is 10.9 Å². The Bertz CT molecular complexity index is 942. The standard InChI is InChI=1S/C18H16FN5OS/c1-12-7-8-13(9-15(12)19)21-18(26)23-22-17(25)16-10-20-11-24(16)14-5-3-2-4-6-14/h2-11H,1H3,(H,22,25)(H2,21,23,26). The lowest BCUT2D eigenvalue weighted by Gasteiger charge is -2.13. The van der Waals surface area contributed by atoms with Crippen LogP contribution in [0.4, 0.5) is 10.1 Å². The number of hydrogen-bond acceptors (Lipinski definition) is 3. The Morgan fingerprint density at radius 1 is 1.15 bits per heavy atom. The van der Waals surface area contributed by atoms with Crippen molar-refractivity contribution in [1.82, 2.24) is 20.4 Å². The van der Waals surface area contributed by atoms with E-state index in [0.29, 0.717) is 16.9 Å². The van der Waals surface area contributed by atoms with Gasteiger partial charge < -0.3 is 5.32 Å². The third-order valence-corrected chi connectivity index (χ3v) is 3.83. The van der Waals surface area contributed by atoms with Crippen molar-refractivity contribution < 1.29 is 9.18 Å². The Balaban J connectivity index is 1.62. The molecule has 0 atom stereocenters. The number of imidazole rings is 1. The van der Waals surface area contributed by atoms with E-state index in [1.165, 1.54) is 12.3 Å². The van der Waals surface area contributed by atoms with E-state index in [9.17, 15) is 9.18 Å². The SMILES string of the molecule is Cc1ccc(NC(=S)NNC(=O)c2cncn2-c2ccccc2)cc1F. The summed E-state index contributed by atoms with van der Waals surface area (Å²) in [5.41, 5.74) is 7.25. The highest BCUT2D eigenvalue weighted by molar-refractivity contribution is 7.80. The van der Waals surface area contributed by atoms with Crippen LogP contribution in [0.3, 0.4) is 0 Å². The fourth-order valence-corrected chi connectivity index (χ4v) is 2.44. The van der Waals surface area contributed by atoms with Crippen LogP contribution in [0.1, 0.15) is 16.1 Å². The highest BCUT2D eigenvalue weighted by atomic mass is 32.1. The van der Waals surface area contributed by atoms with Gasteiger partial charge in [-0.3, -0.25) is 20.2 Å². The van der Waals surface area contributed by atoms with Gasteiger partial charge in [-0.2, -0.15) is 0 Å². The minimum absolute atomic E-state index is 0.132. The van der Waals surface area contributed by atoms with Gasteiger partial charge in [0, 0.05) is 11.4 Å². The number of thiocarbonyl (C=S) groups is 1. The van der Waals surface area contributed by atoms with Crippen LogP contribution in [-0.2, 0) is 0 Å². The molecule has 3 aromatic rings. The molecule has 0 aliphatic carbocycles. The Morgan fingerprint density at radius 3 is 2.65 bits per heavy atom. The number of para-hydroxylation sites is 1. The normalized spacial score (nSPS) is 10.2. The molecule has 1 heterocycles. The maximum Gasteiger partial charge on any atom is 0.288 e. The fourth-order valence-electron chi connectivity index (χ4n) is 2.27. The number of aromatic nitrogens is 2. The molecule has 3 N–H and O–H groups in total. The number of nitrogens with one attached hydrogen (secondary N) is 3. The van der Waals surface area contributed by atoms with E-state index >= 15 is 0 Å². The summed E-state index contributed by atoms with van der Waals surface area (Å²) in [5.74, 6) is -0.751. The second-order valence-electron chi connectivity index (χ2n) is 5.48. The molecule has 0 aliphatic rings. The topological polar surface area (TPSA) is 71.0 Å². The Labute approximate surface area is 155 Å². The van der Waals surface area contributed by atoms with Crippen LogP contribution in [0, 0.1) is 12.7 Å². The van der Waals surface area contributed by atoms with Crippen LogP contribution in [0.25, 0.3) is 5.69 Å². The summed E-state index contributed by atoms with van der Waals surface area (Å²) in [6.45, 7) is 1.67. The number of halogens is 1. The first-order chi connectivity index (χ1) is 12.5. The van der Waals surface area contributed by atoms with Gasteiger partial charge in [-0.25, -0.2) is 9.37 Å². The van der Waals surface area contributed by atoms with Gasteiger partial charge in [0.05, 0.1) is 12.5 Å². The molecule has 0 spiro atoms. The molecule has 0 bridgehead atoms. The van der Waals surface area contributed by atoms with Gasteiger partial charge in [-0.1, -0.05) is 24.3 Å². The van der Waals surface area contributed by atoms with Crippen molar-refractivity contribution in [2.45, 2.75) is 6.92 Å². The first kappa shape index (κ1) is 17.6. The molecule has 1 aromatic heterocycles. The van der Waals surface area contributed by atoms with E-state index < -0.39 is 5.91 Å². The molecule has 26 heavy (non-hydrogen) atoms. The lowest BCUT2D eigenvalue weighted by atomic mass is 10.2. The van der Waals surface area contributed by atoms with Gasteiger partial charge in [-0.05, 0) is 49.0 Å². The van der Waals surface area contributed by atoms with Gasteiger partial charge in [-0.15, -0.1) is 0 Å². The second kappa shape index (κ2) is 7.75. The third-order valence-electron chi connectivity index (χ3n) is 3.62. The van der Waals surface area contributed by atoms with E-state index in [1.54, 1.807) is 30.0 Å². The Kier molecular flexibility index (Phi) is 5.23. The number of hydrazine groups is 1. The minimum atomic E-state index is -0.411. The summed E-state index contributed by atoms with van der Waals surface area (Å²) >= 11 is 5.10. The largest absolute Gasteiger partial charge is 0.331 e. The zero-order valence-electron chi connectivity index (χ0n) is 13.9. The molecule has 1 amide bonds. The summed E-state index contributed by atoms with van der Waals surface area (Å²) < 4.78 is 15.2. The molecule has 2 aromatic carbocycles. The van der Waals surface area contributed by atoms with Crippen LogP contribution < -0.4 is 16.2 Å². The number of carbonyl (C=O) groups excluding carboxylic acids is 1. The van der Waals surface area contributed by atoms with Gasteiger partial charge in [0.2, 0.25) is 0 Å². The number of hydrogen-bond donors (Lipinski definition) is 3. The van der Waals surface area contributed by atoms with E-state index in [0.717, 1.165) is 5.69 Å². The van der Waals surface area contributed by atoms with Crippen molar-refractivity contribution in [3.05, 3.63) is 78.1 Å². The number of benzene rings is 2. The number of carbonyl (C=O) groups is 1. The summed E-state index contributed by atoms with van der Waals surface area (Å²) in [5, 5.41) is 2.93. The highest BCUT2D eigenvalue weighted by Crippen LogP contribution is 2.13. The van der Waals surface area contributed by atoms with Crippen molar-refractivity contribution in [3.63, 3.8) is 0 Å². The molecular formula is C18H16FN5OS. The van der Waals surface area contributed by atoms with Crippen LogP contribution >= 0.6 is 12.2 Å². The average Bonchev–Trinajstić information content (AvgIpc) is 3.13. The molecule has 0 saturated carbocycles. The molecule has 0 radical (unpaired) electrons. The summed E-state index contributed by atoms with van der Waals surface area (Å²) in [6.07, 6.45) is 3.01. The number of anilines is 1. The molecule has 132 valence electrons. The van der Waals surface area contributed by atoms with Crippen LogP contribution in [-0.4, -0.2) is 20.6 Å². The minimum Gasteiger partial charge on any atom is -0.331 e. The van der Waals surface area contributed by atoms with Gasteiger partial charge in [0.15, 0.2) is 5.11 Å². The summed E-state index contributed by atoms with van der Waals surface area (Å²) in [6, 6.07) is 14.0. The van der Waals surface area contributed by atoms with Crippen LogP contribution in [0.5, 0.6) is 0 Å². The Morgan fingerprint density at radius 2 is 1.92 bits per heavy atom. The predicted octanol–water partition coefficient (Wildman–Crippen LogP) is 2.95. The van der Waals surface area contributed by atoms with Crippen molar-refractivity contribution in [2.75, 3.05) is 5.32 Å². The molecule has 0 aliphatic heterocycles. The zero-order chi connectivity index (χ0) is 18.5. The van der Waals surface area contributed by atoms with Crippen LogP contribution in [0.2, 0.25) is 0 Å². The monoisotopic (exact) mass is 369 g/mol. The van der Waals surface area contributed by atoms with E-state index in [4.69, 9.17) is 12.2 Å². The van der Waals surface area contributed by atoms with Crippen molar-refractivity contribution in [2.24, 2.45) is 0 Å². The molecule has 8 heteroatoms. The smallest absolute Gasteiger partial charge is 0.288 e. The van der Waals surface area contributed by atoms with Crippen LogP contribution in [0.15, 0.2) is 61.1 Å². The maximum atomic E-state index is 13.6. The maximum absolute atomic E-state index is 13.6. The number of amides is 1. The van der Waals surface area contributed by atoms with E-state index in [2.05, 4.69) is 21.2 Å². The number of nitrogens with zero attached hydrogens (tertiary/aromatic N) is 2. The first-order valence-corrected chi connectivity index (χ1v) is 8.16. The van der Waals surface area contributed by atoms with Gasteiger partial charge in [0.1, 0.15) is 11.5 Å². The zero-order valence-corrected chi connectivity index (χ0v) is 14.7. The summed E-state index contributed by atoms with van der Waals surface area (Å²) in [7, 11) is 0. The van der Waals surface area contributed by atoms with Crippen molar-refractivity contribution >= 4 is 28.9 Å². The molecular weight excluding hydrogens is 353 g/mol. The predicted molar refractivity (Wildman–Crippen MR) is 102 cm³/mol. The summed E-state index contributed by atoms with van der Waals surface area (Å²) in [4.78, 5) is 16.4. The van der Waals surface area contributed by atoms with E-state index in [1.807, 2.05) is 30.3 Å². The molecule has 0 fully saturated rings. The third kappa shape index (κ3) is 4.04. The van der Waals surface area contributed by atoms with Crippen molar-refractivity contribution in [3.8, 4) is 5.69 Å². The number of aryl methyl sites for hydroxylation is 1. The highest BCUT2D eigenvalue weighted by Gasteiger charge is 2.13. The Hall–Kier alpha value is -3.26. The quantitative estimate of drug-likeness (QED) is 0.489. The first-order valence-electron chi connectivity index (χ1n) is 7.76. The second-order valence-corrected chi connectivity index (χ2v) is 5.89. The van der Waals surface area contributed by atoms with Gasteiger partial charge >= 0.3 is 0 Å². The molecule has 6 nitrogen and oxygen atoms in total. The fraction of sp³-hybridized carbons (Fsp3) is 0.0556. The molecule has 0 saturated heterocycles. The average molecular weight is 369 g/mol. The number of rotatable bonds is 3. The van der Waals surface area contributed by atoms with Crippen molar-refractivity contribution in [1.29, 1.82) is 0 Å². The lowest BCUT2D eigenvalue weighted by Crippen LogP contribution is -2.44. The van der Waals surface area contributed by atoms with Gasteiger partial charge in [0.25, 0.3) is 5.91 Å². The molecule has 0 unspecified atom stereocenters. The lowest BCUT2D eigenvalue weighted by molar-refractivity contribution is 0.0937. The molecule has 3 rings (SSSR count).